The number of nitrogens with two attached hydrogens (primary N) is 1. The van der Waals surface area contributed by atoms with E-state index in [1.54, 1.807) is 12.1 Å². The van der Waals surface area contributed by atoms with Crippen molar-refractivity contribution in [1.82, 2.24) is 4.98 Å². The minimum atomic E-state index is 0.479. The second-order valence-electron chi connectivity index (χ2n) is 1.97. The van der Waals surface area contributed by atoms with Crippen LogP contribution in [0.3, 0.4) is 0 Å². The van der Waals surface area contributed by atoms with Crippen molar-refractivity contribution in [2.75, 3.05) is 5.73 Å². The first-order valence-electron chi connectivity index (χ1n) is 3.68. The van der Waals surface area contributed by atoms with Gasteiger partial charge in [0.1, 0.15) is 13.7 Å². The lowest BCUT2D eigenvalue weighted by molar-refractivity contribution is 1.22. The molecule has 11 heavy (non-hydrogen) atoms. The van der Waals surface area contributed by atoms with Gasteiger partial charge in [-0.05, 0) is 19.1 Å². The van der Waals surface area contributed by atoms with Crippen LogP contribution >= 0.6 is 0 Å². The highest BCUT2D eigenvalue weighted by Crippen LogP contribution is 1.94. The highest BCUT2D eigenvalue weighted by molar-refractivity contribution is 6.32. The molecule has 0 atom stereocenters. The summed E-state index contributed by atoms with van der Waals surface area (Å²) in [7, 11) is 5.44. The summed E-state index contributed by atoms with van der Waals surface area (Å²) < 4.78 is 0. The first-order valence-corrected chi connectivity index (χ1v) is 3.68. The van der Waals surface area contributed by atoms with E-state index in [0.717, 1.165) is 5.69 Å². The molecule has 3 heteroatoms. The lowest BCUT2D eigenvalue weighted by atomic mass is 9.97. The van der Waals surface area contributed by atoms with Gasteiger partial charge in [-0.15, -0.1) is 0 Å². The Bertz CT molecular complexity index is 173. The molecule has 2 nitrogen and oxygen atoms in total. The molecule has 0 bridgehead atoms. The van der Waals surface area contributed by atoms with Gasteiger partial charge in [0.2, 0.25) is 0 Å². The van der Waals surface area contributed by atoms with Crippen LogP contribution in [-0.4, -0.2) is 12.8 Å². The van der Waals surface area contributed by atoms with E-state index in [-0.39, 0.29) is 0 Å². The number of hydrogen-bond acceptors (Lipinski definition) is 2. The standard InChI is InChI=1S/C6H7BN2.C2H6/c1-4-2-5(7)3-6(8)9-4;1-2/h2-3H,1H3,(H2,8,9);1-2H3. The largest absolute Gasteiger partial charge is 0.384 e. The summed E-state index contributed by atoms with van der Waals surface area (Å²) in [5.41, 5.74) is 6.89. The van der Waals surface area contributed by atoms with E-state index in [2.05, 4.69) is 4.98 Å². The van der Waals surface area contributed by atoms with Crippen molar-refractivity contribution in [3.05, 3.63) is 17.8 Å². The van der Waals surface area contributed by atoms with Crippen LogP contribution in [0, 0.1) is 6.92 Å². The van der Waals surface area contributed by atoms with Crippen LogP contribution in [0.2, 0.25) is 0 Å². The molecule has 1 rings (SSSR count). The van der Waals surface area contributed by atoms with Gasteiger partial charge in [0.25, 0.3) is 0 Å². The van der Waals surface area contributed by atoms with Crippen LogP contribution in [0.5, 0.6) is 0 Å². The van der Waals surface area contributed by atoms with E-state index in [1.165, 1.54) is 0 Å². The zero-order valence-electron chi connectivity index (χ0n) is 7.26. The second-order valence-corrected chi connectivity index (χ2v) is 1.97. The van der Waals surface area contributed by atoms with Gasteiger partial charge in [0.05, 0.1) is 0 Å². The lowest BCUT2D eigenvalue weighted by Crippen LogP contribution is -2.06. The molecule has 58 valence electrons. The molecule has 0 amide bonds. The predicted octanol–water partition coefficient (Wildman–Crippen LogP) is 0.792. The normalized spacial score (nSPS) is 8.27. The van der Waals surface area contributed by atoms with Crippen molar-refractivity contribution in [2.24, 2.45) is 0 Å². The first kappa shape index (κ1) is 10.0. The van der Waals surface area contributed by atoms with Crippen molar-refractivity contribution in [1.29, 1.82) is 0 Å². The first-order chi connectivity index (χ1) is 5.18. The molecule has 0 saturated carbocycles. The van der Waals surface area contributed by atoms with Crippen LogP contribution in [-0.2, 0) is 0 Å². The van der Waals surface area contributed by atoms with Crippen molar-refractivity contribution in [3.8, 4) is 0 Å². The smallest absolute Gasteiger partial charge is 0.122 e. The Labute approximate surface area is 69.2 Å². The Hall–Kier alpha value is -0.985. The van der Waals surface area contributed by atoms with Gasteiger partial charge in [-0.25, -0.2) is 4.98 Å². The van der Waals surface area contributed by atoms with Gasteiger partial charge >= 0.3 is 0 Å². The minimum Gasteiger partial charge on any atom is -0.384 e. The molecule has 0 spiro atoms. The van der Waals surface area contributed by atoms with Gasteiger partial charge in [-0.2, -0.15) is 0 Å². The molecule has 0 saturated heterocycles. The predicted molar refractivity (Wildman–Crippen MR) is 50.1 cm³/mol. The third kappa shape index (κ3) is 3.66. The van der Waals surface area contributed by atoms with Crippen LogP contribution in [0.4, 0.5) is 5.82 Å². The van der Waals surface area contributed by atoms with Gasteiger partial charge in [-0.1, -0.05) is 19.3 Å². The maximum absolute atomic E-state index is 5.44. The SMILES string of the molecule is CC.[B]c1cc(C)nc(N)c1. The van der Waals surface area contributed by atoms with E-state index in [9.17, 15) is 0 Å². The van der Waals surface area contributed by atoms with Gasteiger partial charge in [0, 0.05) is 5.69 Å². The summed E-state index contributed by atoms with van der Waals surface area (Å²) in [6, 6.07) is 3.41. The summed E-state index contributed by atoms with van der Waals surface area (Å²) in [6.07, 6.45) is 0. The summed E-state index contributed by atoms with van der Waals surface area (Å²) in [4.78, 5) is 3.93. The average molecular weight is 148 g/mol. The molecule has 1 aromatic rings. The van der Waals surface area contributed by atoms with Gasteiger partial charge < -0.3 is 5.73 Å². The summed E-state index contributed by atoms with van der Waals surface area (Å²) in [5, 5.41) is 0. The molecule has 2 N–H and O–H groups in total. The molecule has 2 radical (unpaired) electrons. The Balaban J connectivity index is 0.000000461. The van der Waals surface area contributed by atoms with Crippen molar-refractivity contribution in [3.63, 3.8) is 0 Å². The quantitative estimate of drug-likeness (QED) is 0.552. The molecular weight excluding hydrogens is 135 g/mol. The number of rotatable bonds is 0. The maximum Gasteiger partial charge on any atom is 0.122 e. The zero-order chi connectivity index (χ0) is 8.85. The number of nitrogen functional groups attached to an aromatic ring is 1. The van der Waals surface area contributed by atoms with Crippen LogP contribution in [0.25, 0.3) is 0 Å². The monoisotopic (exact) mass is 148 g/mol. The summed E-state index contributed by atoms with van der Waals surface area (Å²) in [6.45, 7) is 5.85. The fraction of sp³-hybridized carbons (Fsp3) is 0.375. The summed E-state index contributed by atoms with van der Waals surface area (Å²) in [5.74, 6) is 0.479. The summed E-state index contributed by atoms with van der Waals surface area (Å²) >= 11 is 0. The molecule has 0 aliphatic rings. The molecule has 0 fully saturated rings. The third-order valence-corrected chi connectivity index (χ3v) is 0.996. The van der Waals surface area contributed by atoms with Crippen LogP contribution in [0.15, 0.2) is 12.1 Å². The van der Waals surface area contributed by atoms with Gasteiger partial charge in [-0.3, -0.25) is 0 Å². The topological polar surface area (TPSA) is 38.9 Å². The fourth-order valence-electron chi connectivity index (χ4n) is 0.722. The number of pyridine rings is 1. The third-order valence-electron chi connectivity index (χ3n) is 0.996. The van der Waals surface area contributed by atoms with E-state index in [4.69, 9.17) is 13.6 Å². The fourth-order valence-corrected chi connectivity index (χ4v) is 0.722. The van der Waals surface area contributed by atoms with Crippen LogP contribution < -0.4 is 11.2 Å². The van der Waals surface area contributed by atoms with E-state index in [0.29, 0.717) is 11.3 Å². The molecular formula is C8H13BN2. The Morgan fingerprint density at radius 3 is 2.27 bits per heavy atom. The van der Waals surface area contributed by atoms with Crippen LogP contribution in [0.1, 0.15) is 19.5 Å². The highest BCUT2D eigenvalue weighted by Gasteiger charge is 1.89. The Morgan fingerprint density at radius 2 is 1.91 bits per heavy atom. The van der Waals surface area contributed by atoms with Crippen molar-refractivity contribution >= 4 is 19.1 Å². The average Bonchev–Trinajstić information content (AvgIpc) is 1.88. The van der Waals surface area contributed by atoms with Gasteiger partial charge in [0.15, 0.2) is 0 Å². The molecule has 0 aliphatic heterocycles. The number of anilines is 1. The van der Waals surface area contributed by atoms with E-state index < -0.39 is 0 Å². The molecule has 1 aromatic heterocycles. The minimum absolute atomic E-state index is 0.479. The number of nitrogens with zero attached hydrogens (tertiary/aromatic N) is 1. The number of aromatic nitrogens is 1. The molecule has 0 aliphatic carbocycles. The lowest BCUT2D eigenvalue weighted by Gasteiger charge is -1.96. The molecule has 1 heterocycles. The Morgan fingerprint density at radius 1 is 1.36 bits per heavy atom. The zero-order valence-corrected chi connectivity index (χ0v) is 7.26. The highest BCUT2D eigenvalue weighted by atomic mass is 14.8. The van der Waals surface area contributed by atoms with E-state index >= 15 is 0 Å². The van der Waals surface area contributed by atoms with Crippen molar-refractivity contribution in [2.45, 2.75) is 20.8 Å². The second kappa shape index (κ2) is 4.77. The molecule has 0 unspecified atom stereocenters. The number of aryl methyl sites for hydroxylation is 1. The number of hydrogen-bond donors (Lipinski definition) is 1. The maximum atomic E-state index is 5.44. The Kier molecular flexibility index (Phi) is 4.35. The molecule has 0 aromatic carbocycles. The van der Waals surface area contributed by atoms with E-state index in [1.807, 2.05) is 20.8 Å². The van der Waals surface area contributed by atoms with Crippen molar-refractivity contribution < 1.29 is 0 Å².